The molecule has 0 saturated carbocycles. The maximum absolute atomic E-state index is 2.19. The molecule has 24 heavy (non-hydrogen) atoms. The van der Waals surface area contributed by atoms with Crippen LogP contribution in [0.1, 0.15) is 23.8 Å². The van der Waals surface area contributed by atoms with Gasteiger partial charge in [0.05, 0.1) is 5.25 Å². The van der Waals surface area contributed by atoms with Crippen LogP contribution in [0.4, 0.5) is 0 Å². The first kappa shape index (κ1) is 20.4. The highest BCUT2D eigenvalue weighted by Gasteiger charge is 2.10. The average Bonchev–Trinajstić information content (AvgIpc) is 2.65. The van der Waals surface area contributed by atoms with Crippen LogP contribution in [0.25, 0.3) is 0 Å². The fourth-order valence-corrected chi connectivity index (χ4v) is 3.56. The SMILES string of the molecule is C.CSC(c1ccccc1)c1ccccc1.CSc1ccccc1. The molecule has 0 spiro atoms. The van der Waals surface area contributed by atoms with Crippen LogP contribution in [0.15, 0.2) is 95.9 Å². The highest BCUT2D eigenvalue weighted by Crippen LogP contribution is 2.33. The van der Waals surface area contributed by atoms with Crippen molar-refractivity contribution >= 4 is 23.5 Å². The minimum absolute atomic E-state index is 0. The van der Waals surface area contributed by atoms with E-state index >= 15 is 0 Å². The van der Waals surface area contributed by atoms with Crippen molar-refractivity contribution in [3.63, 3.8) is 0 Å². The number of hydrogen-bond acceptors (Lipinski definition) is 2. The molecule has 3 aromatic carbocycles. The van der Waals surface area contributed by atoms with Crippen molar-refractivity contribution in [1.82, 2.24) is 0 Å². The maximum Gasteiger partial charge on any atom is 0.0543 e. The fourth-order valence-electron chi connectivity index (χ4n) is 2.28. The summed E-state index contributed by atoms with van der Waals surface area (Å²) in [6.45, 7) is 0. The molecule has 0 radical (unpaired) electrons. The van der Waals surface area contributed by atoms with Gasteiger partial charge in [-0.15, -0.1) is 11.8 Å². The van der Waals surface area contributed by atoms with Crippen LogP contribution in [0.3, 0.4) is 0 Å². The highest BCUT2D eigenvalue weighted by molar-refractivity contribution is 7.99. The molecule has 0 aromatic heterocycles. The van der Waals surface area contributed by atoms with E-state index in [1.54, 1.807) is 11.8 Å². The Morgan fingerprint density at radius 1 is 0.583 bits per heavy atom. The molecule has 126 valence electrons. The highest BCUT2D eigenvalue weighted by atomic mass is 32.2. The van der Waals surface area contributed by atoms with Gasteiger partial charge in [-0.05, 0) is 35.8 Å². The summed E-state index contributed by atoms with van der Waals surface area (Å²) in [6.07, 6.45) is 4.24. The Bertz CT molecular complexity index is 612. The average molecular weight is 355 g/mol. The van der Waals surface area contributed by atoms with Crippen LogP contribution in [-0.2, 0) is 0 Å². The molecule has 3 rings (SSSR count). The lowest BCUT2D eigenvalue weighted by atomic mass is 10.0. The van der Waals surface area contributed by atoms with Crippen molar-refractivity contribution in [2.24, 2.45) is 0 Å². The topological polar surface area (TPSA) is 0 Å². The molecule has 0 N–H and O–H groups in total. The fraction of sp³-hybridized carbons (Fsp3) is 0.182. The first-order valence-corrected chi connectivity index (χ1v) is 10.1. The Balaban J connectivity index is 0.000000273. The lowest BCUT2D eigenvalue weighted by Crippen LogP contribution is -1.94. The second kappa shape index (κ2) is 11.8. The van der Waals surface area contributed by atoms with Gasteiger partial charge in [0.15, 0.2) is 0 Å². The van der Waals surface area contributed by atoms with Gasteiger partial charge in [0, 0.05) is 4.90 Å². The molecular weight excluding hydrogens is 328 g/mol. The van der Waals surface area contributed by atoms with Gasteiger partial charge < -0.3 is 0 Å². The van der Waals surface area contributed by atoms with E-state index in [1.807, 2.05) is 30.0 Å². The smallest absolute Gasteiger partial charge is 0.0543 e. The molecule has 2 heteroatoms. The summed E-state index contributed by atoms with van der Waals surface area (Å²) < 4.78 is 0. The lowest BCUT2D eigenvalue weighted by molar-refractivity contribution is 1.16. The van der Waals surface area contributed by atoms with E-state index in [4.69, 9.17) is 0 Å². The predicted octanol–water partition coefficient (Wildman–Crippen LogP) is 7.18. The van der Waals surface area contributed by atoms with E-state index in [-0.39, 0.29) is 7.43 Å². The van der Waals surface area contributed by atoms with Crippen molar-refractivity contribution in [3.8, 4) is 0 Å². The van der Waals surface area contributed by atoms with E-state index in [0.29, 0.717) is 5.25 Å². The van der Waals surface area contributed by atoms with Gasteiger partial charge in [0.2, 0.25) is 0 Å². The predicted molar refractivity (Wildman–Crippen MR) is 113 cm³/mol. The van der Waals surface area contributed by atoms with Gasteiger partial charge in [0.1, 0.15) is 0 Å². The minimum atomic E-state index is 0. The standard InChI is InChI=1S/C14H14S.C7H8S.CH4/c1-15-14(12-8-4-2-5-9-12)13-10-6-3-7-11-13;1-8-7-5-3-2-4-6-7;/h2-11,14H,1H3;2-6H,1H3;1H4. The zero-order valence-corrected chi connectivity index (χ0v) is 15.2. The lowest BCUT2D eigenvalue weighted by Gasteiger charge is -2.14. The second-order valence-electron chi connectivity index (χ2n) is 4.95. The molecule has 3 aromatic rings. The number of thioether (sulfide) groups is 2. The molecule has 0 fully saturated rings. The van der Waals surface area contributed by atoms with E-state index < -0.39 is 0 Å². The maximum atomic E-state index is 2.19. The summed E-state index contributed by atoms with van der Waals surface area (Å²) in [5.74, 6) is 0. The van der Waals surface area contributed by atoms with Crippen LogP contribution >= 0.6 is 23.5 Å². The largest absolute Gasteiger partial charge is 0.152 e. The summed E-state index contributed by atoms with van der Waals surface area (Å²) in [5.41, 5.74) is 2.74. The molecule has 0 amide bonds. The molecule has 0 unspecified atom stereocenters. The molecule has 0 bridgehead atoms. The third-order valence-electron chi connectivity index (χ3n) is 3.42. The summed E-state index contributed by atoms with van der Waals surface area (Å²) >= 11 is 3.64. The normalized spacial score (nSPS) is 9.62. The molecule has 0 atom stereocenters. The zero-order valence-electron chi connectivity index (χ0n) is 13.6. The van der Waals surface area contributed by atoms with E-state index in [2.05, 4.69) is 85.3 Å². The van der Waals surface area contributed by atoms with Crippen LogP contribution in [0, 0.1) is 0 Å². The first-order valence-electron chi connectivity index (χ1n) is 7.57. The summed E-state index contributed by atoms with van der Waals surface area (Å²) in [5, 5.41) is 0.451. The van der Waals surface area contributed by atoms with Gasteiger partial charge in [0.25, 0.3) is 0 Å². The molecular formula is C22H26S2. The number of rotatable bonds is 4. The van der Waals surface area contributed by atoms with Crippen LogP contribution in [0.5, 0.6) is 0 Å². The van der Waals surface area contributed by atoms with Crippen molar-refractivity contribution in [3.05, 3.63) is 102 Å². The molecule has 0 aliphatic rings. The first-order chi connectivity index (χ1) is 11.3. The van der Waals surface area contributed by atoms with Crippen LogP contribution in [-0.4, -0.2) is 12.5 Å². The molecule has 0 aliphatic carbocycles. The number of hydrogen-bond donors (Lipinski definition) is 0. The summed E-state index contributed by atoms with van der Waals surface area (Å²) in [6, 6.07) is 31.6. The van der Waals surface area contributed by atoms with E-state index in [9.17, 15) is 0 Å². The Hall–Kier alpha value is -1.64. The van der Waals surface area contributed by atoms with Gasteiger partial charge in [-0.2, -0.15) is 11.8 Å². The van der Waals surface area contributed by atoms with Crippen molar-refractivity contribution in [2.75, 3.05) is 12.5 Å². The van der Waals surface area contributed by atoms with Crippen LogP contribution < -0.4 is 0 Å². The van der Waals surface area contributed by atoms with Crippen molar-refractivity contribution < 1.29 is 0 Å². The Labute approximate surface area is 155 Å². The molecule has 0 saturated heterocycles. The number of benzene rings is 3. The monoisotopic (exact) mass is 354 g/mol. The molecule has 0 heterocycles. The molecule has 0 aliphatic heterocycles. The minimum Gasteiger partial charge on any atom is -0.152 e. The third-order valence-corrected chi connectivity index (χ3v) is 5.18. The summed E-state index contributed by atoms with van der Waals surface area (Å²) in [4.78, 5) is 1.33. The van der Waals surface area contributed by atoms with Gasteiger partial charge in [-0.25, -0.2) is 0 Å². The molecule has 0 nitrogen and oxygen atoms in total. The van der Waals surface area contributed by atoms with Gasteiger partial charge in [-0.3, -0.25) is 0 Å². The second-order valence-corrected chi connectivity index (χ2v) is 6.78. The van der Waals surface area contributed by atoms with E-state index in [0.717, 1.165) is 0 Å². The van der Waals surface area contributed by atoms with Crippen molar-refractivity contribution in [2.45, 2.75) is 17.6 Å². The van der Waals surface area contributed by atoms with Crippen LogP contribution in [0.2, 0.25) is 0 Å². The Morgan fingerprint density at radius 3 is 1.25 bits per heavy atom. The third kappa shape index (κ3) is 6.46. The van der Waals surface area contributed by atoms with E-state index in [1.165, 1.54) is 16.0 Å². The van der Waals surface area contributed by atoms with Gasteiger partial charge in [-0.1, -0.05) is 86.3 Å². The Morgan fingerprint density at radius 2 is 0.958 bits per heavy atom. The zero-order chi connectivity index (χ0) is 16.3. The Kier molecular flexibility index (Phi) is 10.1. The summed E-state index contributed by atoms with van der Waals surface area (Å²) in [7, 11) is 0. The quantitative estimate of drug-likeness (QED) is 0.455. The van der Waals surface area contributed by atoms with Crippen molar-refractivity contribution in [1.29, 1.82) is 0 Å². The van der Waals surface area contributed by atoms with Gasteiger partial charge >= 0.3 is 0 Å².